The van der Waals surface area contributed by atoms with Crippen molar-refractivity contribution < 1.29 is 46.1 Å². The van der Waals surface area contributed by atoms with Gasteiger partial charge in [0.2, 0.25) is 1.43 Å². The second-order valence-electron chi connectivity index (χ2n) is 7.96. The quantitative estimate of drug-likeness (QED) is 0.592. The molecule has 1 heterocycles. The summed E-state index contributed by atoms with van der Waals surface area (Å²) in [6.45, 7) is -8.52. The Labute approximate surface area is 204 Å². The summed E-state index contributed by atoms with van der Waals surface area (Å²) in [5.41, 5.74) is -3.94. The number of rotatable bonds is 7. The molecule has 1 aliphatic heterocycles. The summed E-state index contributed by atoms with van der Waals surface area (Å²) in [6.07, 6.45) is -9.25. The Morgan fingerprint density at radius 3 is 3.07 bits per heavy atom. The molecular formula is C25H38O5. The van der Waals surface area contributed by atoms with E-state index in [1.165, 1.54) is 6.92 Å². The second-order valence-corrected chi connectivity index (χ2v) is 7.96. The molecule has 1 saturated heterocycles. The van der Waals surface area contributed by atoms with Crippen molar-refractivity contribution in [1.82, 2.24) is 0 Å². The Morgan fingerprint density at radius 2 is 2.37 bits per heavy atom. The van der Waals surface area contributed by atoms with Crippen molar-refractivity contribution in [2.45, 2.75) is 91.2 Å². The summed E-state index contributed by atoms with van der Waals surface area (Å²) in [5, 5.41) is 4.54. The average molecular weight is 436 g/mol. The fourth-order valence-electron chi connectivity index (χ4n) is 3.94. The number of aliphatic hydroxyl groups is 1. The van der Waals surface area contributed by atoms with Gasteiger partial charge in [0.25, 0.3) is 0 Å². The van der Waals surface area contributed by atoms with Gasteiger partial charge in [0.05, 0.1) is 22.1 Å². The number of carbonyl (C=O) groups excluding carboxylic acids is 2. The first-order valence-electron chi connectivity index (χ1n) is 18.4. The molecule has 3 aliphatic rings. The maximum atomic E-state index is 13.9. The number of allylic oxidation sites excluding steroid dienone is 3. The molecule has 5 nitrogen and oxygen atoms in total. The maximum absolute atomic E-state index is 13.9. The third-order valence-corrected chi connectivity index (χ3v) is 5.72. The molecule has 2 aliphatic carbocycles. The van der Waals surface area contributed by atoms with Gasteiger partial charge in [0.1, 0.15) is 12.2 Å². The highest BCUT2D eigenvalue weighted by atomic mass is 16.6. The molecule has 0 spiro atoms. The van der Waals surface area contributed by atoms with Gasteiger partial charge in [0, 0.05) is 30.2 Å². The fourth-order valence-corrected chi connectivity index (χ4v) is 3.94. The molecule has 0 saturated carbocycles. The Balaban J connectivity index is 2.33. The number of ether oxygens (including phenoxy) is 2. The first-order valence-corrected chi connectivity index (χ1v) is 10.0. The van der Waals surface area contributed by atoms with Crippen LogP contribution in [-0.4, -0.2) is 36.8 Å². The minimum Gasteiger partial charge on any atom is -0.462 e. The van der Waals surface area contributed by atoms with Crippen LogP contribution in [0.15, 0.2) is 23.7 Å². The van der Waals surface area contributed by atoms with Crippen molar-refractivity contribution in [3.8, 4) is 0 Å². The van der Waals surface area contributed by atoms with Crippen LogP contribution in [0, 0.1) is 29.0 Å². The van der Waals surface area contributed by atoms with Crippen molar-refractivity contribution in [3.63, 3.8) is 0 Å². The van der Waals surface area contributed by atoms with Gasteiger partial charge in [-0.3, -0.25) is 9.59 Å². The van der Waals surface area contributed by atoms with E-state index in [9.17, 15) is 9.59 Å². The highest BCUT2D eigenvalue weighted by molar-refractivity contribution is 5.76. The fraction of sp³-hybridized carbons (Fsp3) is 0.760. The van der Waals surface area contributed by atoms with Crippen molar-refractivity contribution in [3.05, 3.63) is 23.7 Å². The standard InChI is InChI=1S/C25H38O5/c1-6-25(4,5)24(28)30-21-12-15(2)11-17-8-7-16(3)20(23(17)21)10-9-19-13-18(26)14-22(27)29-19/h7-8,11,15-16,18-21,23,26H,6,9-10,12-14H2,1-5H3/t15-,16-,18+,19?,20-,21?,23-/m0/s1/i2D3,4D3,5D3,7D,8D,11D,12D2,15D,16D,26D. The Kier molecular flexibility index (Phi) is 2.92. The number of aliphatic hydroxyl groups excluding tert-OH is 1. The Morgan fingerprint density at radius 1 is 1.53 bits per heavy atom. The number of hydrogen-bond acceptors (Lipinski definition) is 5. The van der Waals surface area contributed by atoms with Gasteiger partial charge in [-0.15, -0.1) is 0 Å². The number of esters is 2. The van der Waals surface area contributed by atoms with Gasteiger partial charge >= 0.3 is 11.9 Å². The lowest BCUT2D eigenvalue weighted by atomic mass is 9.65. The molecule has 2 unspecified atom stereocenters. The molecule has 0 aromatic carbocycles. The van der Waals surface area contributed by atoms with Crippen LogP contribution >= 0.6 is 0 Å². The third kappa shape index (κ3) is 5.16. The first kappa shape index (κ1) is 9.48. The van der Waals surface area contributed by atoms with Crippen LogP contribution in [0.1, 0.15) is 94.8 Å². The summed E-state index contributed by atoms with van der Waals surface area (Å²) >= 11 is 0. The molecule has 1 fully saturated rings. The zero-order valence-electron chi connectivity index (χ0n) is 34.0. The van der Waals surface area contributed by atoms with Gasteiger partial charge in [-0.05, 0) is 62.6 Å². The summed E-state index contributed by atoms with van der Waals surface area (Å²) in [6, 6.07) is -2.87. The Hall–Kier alpha value is -1.62. The monoisotopic (exact) mass is 435 g/mol. The van der Waals surface area contributed by atoms with E-state index in [0.29, 0.717) is 0 Å². The summed E-state index contributed by atoms with van der Waals surface area (Å²) in [7, 11) is 0. The van der Waals surface area contributed by atoms with E-state index in [4.69, 9.17) is 32.8 Å². The lowest BCUT2D eigenvalue weighted by molar-refractivity contribution is -0.166. The van der Waals surface area contributed by atoms with Crippen LogP contribution in [-0.2, 0) is 19.1 Å². The van der Waals surface area contributed by atoms with Crippen LogP contribution in [0.5, 0.6) is 0 Å². The predicted octanol–water partition coefficient (Wildman–Crippen LogP) is 4.59. The molecule has 0 amide bonds. The zero-order chi connectivity index (χ0) is 36.5. The minimum absolute atomic E-state index is 0.0469. The summed E-state index contributed by atoms with van der Waals surface area (Å²) in [4.78, 5) is 26.0. The topological polar surface area (TPSA) is 72.8 Å². The molecular weight excluding hydrogens is 380 g/mol. The van der Waals surface area contributed by atoms with Crippen LogP contribution < -0.4 is 0 Å². The molecule has 0 aromatic heterocycles. The highest BCUT2D eigenvalue weighted by Crippen LogP contribution is 2.45. The van der Waals surface area contributed by atoms with E-state index in [2.05, 4.69) is 5.11 Å². The molecule has 0 radical (unpaired) electrons. The SMILES string of the molecule is [2H]O[C@H]1CC(=O)OC(CC[C@@H]2[C@@H]3C(=C([2H])[C@]([2H])(C([2H])([2H])[2H])C([2H])([2H])C3OC(=O)C(CC)(C([2H])([2H])[2H])C([2H])([2H])[2H])C([2H])=C([2H])[C@]2([2H])C)C1. The van der Waals surface area contributed by atoms with Crippen molar-refractivity contribution in [2.75, 3.05) is 0 Å². The smallest absolute Gasteiger partial charge is 0.311 e. The van der Waals surface area contributed by atoms with Gasteiger partial charge in [-0.25, -0.2) is 0 Å². The molecule has 30 heavy (non-hydrogen) atoms. The van der Waals surface area contributed by atoms with E-state index in [-0.39, 0.29) is 25.7 Å². The van der Waals surface area contributed by atoms with Crippen LogP contribution in [0.3, 0.4) is 0 Å². The molecule has 168 valence electrons. The molecule has 1 N–H and O–H groups in total. The van der Waals surface area contributed by atoms with Gasteiger partial charge in [0.15, 0.2) is 0 Å². The maximum Gasteiger partial charge on any atom is 0.311 e. The molecule has 0 aromatic rings. The lowest BCUT2D eigenvalue weighted by Gasteiger charge is -2.44. The largest absolute Gasteiger partial charge is 0.462 e. The van der Waals surface area contributed by atoms with Gasteiger partial charge < -0.3 is 14.6 Å². The van der Waals surface area contributed by atoms with Gasteiger partial charge in [-0.2, -0.15) is 0 Å². The number of cyclic esters (lactones) is 1. The average Bonchev–Trinajstić information content (AvgIpc) is 2.90. The van der Waals surface area contributed by atoms with Crippen molar-refractivity contribution in [1.29, 1.82) is 1.43 Å². The second kappa shape index (κ2) is 9.25. The van der Waals surface area contributed by atoms with E-state index in [0.717, 1.165) is 6.92 Å². The van der Waals surface area contributed by atoms with E-state index in [1.54, 1.807) is 0 Å². The predicted molar refractivity (Wildman–Crippen MR) is 115 cm³/mol. The number of carbonyl (C=O) groups is 2. The van der Waals surface area contributed by atoms with Gasteiger partial charge in [-0.1, -0.05) is 38.9 Å². The minimum atomic E-state index is -3.67. The normalized spacial score (nSPS) is 53.6. The van der Waals surface area contributed by atoms with Crippen LogP contribution in [0.4, 0.5) is 0 Å². The van der Waals surface area contributed by atoms with Crippen molar-refractivity contribution >= 4 is 11.9 Å². The lowest BCUT2D eigenvalue weighted by Crippen LogP contribution is -2.43. The molecule has 7 atom stereocenters. The molecule has 0 bridgehead atoms. The van der Waals surface area contributed by atoms with Crippen molar-refractivity contribution in [2.24, 2.45) is 29.0 Å². The number of hydrogen-bond donors (Lipinski definition) is 1. The van der Waals surface area contributed by atoms with E-state index in [1.807, 2.05) is 0 Å². The Bertz CT molecular complexity index is 1300. The zero-order valence-corrected chi connectivity index (χ0v) is 17.0. The first-order chi connectivity index (χ1) is 21.1. The summed E-state index contributed by atoms with van der Waals surface area (Å²) < 4.78 is 152. The number of fused-ring (bicyclic) bond motifs is 1. The van der Waals surface area contributed by atoms with E-state index >= 15 is 0 Å². The highest BCUT2D eigenvalue weighted by Gasteiger charge is 2.43. The molecule has 5 heteroatoms. The van der Waals surface area contributed by atoms with Crippen LogP contribution in [0.25, 0.3) is 0 Å². The van der Waals surface area contributed by atoms with E-state index < -0.39 is 116 Å². The summed E-state index contributed by atoms with van der Waals surface area (Å²) in [5.74, 6) is -11.6. The van der Waals surface area contributed by atoms with Crippen LogP contribution in [0.2, 0.25) is 0 Å². The third-order valence-electron chi connectivity index (χ3n) is 5.72. The molecule has 3 rings (SSSR count).